The zero-order valence-corrected chi connectivity index (χ0v) is 12.2. The standard InChI is InChI=1S/C14H24N2OS/c1-11(10-13-8-7-12(2)18-13)16-14(17)6-4-3-5-9-15/h7-8,11H,3-6,9-10,15H2,1-2H3,(H,16,17). The fourth-order valence-electron chi connectivity index (χ4n) is 1.90. The van der Waals surface area contributed by atoms with Crippen LogP contribution in [0.2, 0.25) is 0 Å². The molecule has 1 rings (SSSR count). The molecule has 102 valence electrons. The normalized spacial score (nSPS) is 12.4. The van der Waals surface area contributed by atoms with Crippen LogP contribution in [0.15, 0.2) is 12.1 Å². The first kappa shape index (κ1) is 15.2. The summed E-state index contributed by atoms with van der Waals surface area (Å²) in [6.07, 6.45) is 4.54. The van der Waals surface area contributed by atoms with Gasteiger partial charge >= 0.3 is 0 Å². The summed E-state index contributed by atoms with van der Waals surface area (Å²) in [4.78, 5) is 14.3. The molecule has 0 saturated carbocycles. The maximum absolute atomic E-state index is 11.7. The summed E-state index contributed by atoms with van der Waals surface area (Å²) in [6, 6.07) is 4.48. The summed E-state index contributed by atoms with van der Waals surface area (Å²) in [5.41, 5.74) is 5.41. The highest BCUT2D eigenvalue weighted by molar-refractivity contribution is 7.11. The molecular formula is C14H24N2OS. The Hall–Kier alpha value is -0.870. The van der Waals surface area contributed by atoms with Crippen molar-refractivity contribution in [1.29, 1.82) is 0 Å². The highest BCUT2D eigenvalue weighted by Crippen LogP contribution is 2.16. The second-order valence-electron chi connectivity index (χ2n) is 4.78. The number of hydrogen-bond donors (Lipinski definition) is 2. The van der Waals surface area contributed by atoms with Gasteiger partial charge in [0.25, 0.3) is 0 Å². The lowest BCUT2D eigenvalue weighted by atomic mass is 10.1. The van der Waals surface area contributed by atoms with Gasteiger partial charge in [-0.25, -0.2) is 0 Å². The van der Waals surface area contributed by atoms with Gasteiger partial charge in [0.15, 0.2) is 0 Å². The molecule has 3 N–H and O–H groups in total. The molecule has 1 aromatic heterocycles. The lowest BCUT2D eigenvalue weighted by Gasteiger charge is -2.12. The summed E-state index contributed by atoms with van der Waals surface area (Å²) >= 11 is 1.80. The first-order valence-corrected chi connectivity index (χ1v) is 7.48. The number of rotatable bonds is 8. The number of nitrogens with two attached hydrogens (primary N) is 1. The summed E-state index contributed by atoms with van der Waals surface area (Å²) in [5, 5.41) is 3.05. The second-order valence-corrected chi connectivity index (χ2v) is 6.16. The van der Waals surface area contributed by atoms with Crippen LogP contribution in [-0.2, 0) is 11.2 Å². The predicted octanol–water partition coefficient (Wildman–Crippen LogP) is 2.62. The number of carbonyl (C=O) groups excluding carboxylic acids is 1. The van der Waals surface area contributed by atoms with E-state index < -0.39 is 0 Å². The van der Waals surface area contributed by atoms with Gasteiger partial charge in [0.2, 0.25) is 5.91 Å². The molecule has 0 bridgehead atoms. The molecule has 4 heteroatoms. The molecule has 1 amide bonds. The number of amides is 1. The molecule has 1 heterocycles. The Balaban J connectivity index is 2.19. The largest absolute Gasteiger partial charge is 0.353 e. The molecule has 0 radical (unpaired) electrons. The SMILES string of the molecule is Cc1ccc(CC(C)NC(=O)CCCCCN)s1. The molecule has 1 aromatic rings. The van der Waals surface area contributed by atoms with Crippen LogP contribution in [-0.4, -0.2) is 18.5 Å². The summed E-state index contributed by atoms with van der Waals surface area (Å²) in [6.45, 7) is 4.89. The van der Waals surface area contributed by atoms with Crippen LogP contribution in [0.3, 0.4) is 0 Å². The lowest BCUT2D eigenvalue weighted by molar-refractivity contribution is -0.121. The van der Waals surface area contributed by atoms with Crippen molar-refractivity contribution in [3.8, 4) is 0 Å². The van der Waals surface area contributed by atoms with Crippen molar-refractivity contribution >= 4 is 17.2 Å². The van der Waals surface area contributed by atoms with Crippen molar-refractivity contribution in [1.82, 2.24) is 5.32 Å². The number of carbonyl (C=O) groups is 1. The van der Waals surface area contributed by atoms with Crippen LogP contribution in [0.5, 0.6) is 0 Å². The van der Waals surface area contributed by atoms with Gasteiger partial charge in [-0.1, -0.05) is 6.42 Å². The molecule has 0 spiro atoms. The monoisotopic (exact) mass is 268 g/mol. The smallest absolute Gasteiger partial charge is 0.220 e. The molecule has 0 fully saturated rings. The average Bonchev–Trinajstić information content (AvgIpc) is 2.70. The molecule has 0 aliphatic carbocycles. The Morgan fingerprint density at radius 1 is 1.39 bits per heavy atom. The maximum atomic E-state index is 11.7. The van der Waals surface area contributed by atoms with E-state index in [-0.39, 0.29) is 11.9 Å². The van der Waals surface area contributed by atoms with Gasteiger partial charge in [-0.15, -0.1) is 11.3 Å². The van der Waals surface area contributed by atoms with E-state index in [1.54, 1.807) is 11.3 Å². The van der Waals surface area contributed by atoms with Crippen LogP contribution < -0.4 is 11.1 Å². The number of aryl methyl sites for hydroxylation is 1. The van der Waals surface area contributed by atoms with E-state index >= 15 is 0 Å². The topological polar surface area (TPSA) is 55.1 Å². The maximum Gasteiger partial charge on any atom is 0.220 e. The summed E-state index contributed by atoms with van der Waals surface area (Å²) in [7, 11) is 0. The van der Waals surface area contributed by atoms with Gasteiger partial charge in [-0.05, 0) is 45.4 Å². The number of thiophene rings is 1. The molecule has 3 nitrogen and oxygen atoms in total. The zero-order valence-electron chi connectivity index (χ0n) is 11.4. The number of nitrogens with one attached hydrogen (secondary N) is 1. The van der Waals surface area contributed by atoms with Gasteiger partial charge in [-0.3, -0.25) is 4.79 Å². The van der Waals surface area contributed by atoms with E-state index in [2.05, 4.69) is 31.3 Å². The lowest BCUT2D eigenvalue weighted by Crippen LogP contribution is -2.33. The Labute approximate surface area is 114 Å². The molecular weight excluding hydrogens is 244 g/mol. The summed E-state index contributed by atoms with van der Waals surface area (Å²) in [5.74, 6) is 0.160. The van der Waals surface area contributed by atoms with Crippen LogP contribution >= 0.6 is 11.3 Å². The van der Waals surface area contributed by atoms with Gasteiger partial charge in [0.1, 0.15) is 0 Å². The van der Waals surface area contributed by atoms with Crippen molar-refractivity contribution in [2.24, 2.45) is 5.73 Å². The van der Waals surface area contributed by atoms with Crippen molar-refractivity contribution in [3.63, 3.8) is 0 Å². The molecule has 0 saturated heterocycles. The minimum Gasteiger partial charge on any atom is -0.353 e. The van der Waals surface area contributed by atoms with E-state index in [1.165, 1.54) is 9.75 Å². The van der Waals surface area contributed by atoms with Crippen LogP contribution in [0, 0.1) is 6.92 Å². The third-order valence-electron chi connectivity index (χ3n) is 2.82. The van der Waals surface area contributed by atoms with E-state index in [0.29, 0.717) is 6.42 Å². The quantitative estimate of drug-likeness (QED) is 0.712. The molecule has 0 aromatic carbocycles. The highest BCUT2D eigenvalue weighted by atomic mass is 32.1. The van der Waals surface area contributed by atoms with Crippen molar-refractivity contribution in [3.05, 3.63) is 21.9 Å². The third-order valence-corrected chi connectivity index (χ3v) is 3.84. The molecule has 18 heavy (non-hydrogen) atoms. The molecule has 0 aliphatic heterocycles. The van der Waals surface area contributed by atoms with Gasteiger partial charge in [-0.2, -0.15) is 0 Å². The fraction of sp³-hybridized carbons (Fsp3) is 0.643. The van der Waals surface area contributed by atoms with Gasteiger partial charge in [0.05, 0.1) is 0 Å². The number of unbranched alkanes of at least 4 members (excludes halogenated alkanes) is 2. The molecule has 1 unspecified atom stereocenters. The fourth-order valence-corrected chi connectivity index (χ4v) is 2.92. The van der Waals surface area contributed by atoms with Crippen molar-refractivity contribution in [2.75, 3.05) is 6.54 Å². The molecule has 1 atom stereocenters. The second kappa shape index (κ2) is 8.27. The molecule has 0 aliphatic rings. The Bertz CT molecular complexity index is 362. The zero-order chi connectivity index (χ0) is 13.4. The van der Waals surface area contributed by atoms with E-state index in [1.807, 2.05) is 0 Å². The Morgan fingerprint density at radius 2 is 2.17 bits per heavy atom. The van der Waals surface area contributed by atoms with E-state index in [9.17, 15) is 4.79 Å². The van der Waals surface area contributed by atoms with E-state index in [0.717, 1.165) is 32.2 Å². The minimum atomic E-state index is 0.160. The minimum absolute atomic E-state index is 0.160. The average molecular weight is 268 g/mol. The van der Waals surface area contributed by atoms with Gasteiger partial charge in [0, 0.05) is 28.6 Å². The Morgan fingerprint density at radius 3 is 2.78 bits per heavy atom. The Kier molecular flexibility index (Phi) is 6.98. The first-order valence-electron chi connectivity index (χ1n) is 6.66. The first-order chi connectivity index (χ1) is 8.61. The number of hydrogen-bond acceptors (Lipinski definition) is 3. The van der Waals surface area contributed by atoms with Crippen LogP contribution in [0.1, 0.15) is 42.4 Å². The van der Waals surface area contributed by atoms with Crippen LogP contribution in [0.25, 0.3) is 0 Å². The van der Waals surface area contributed by atoms with Crippen LogP contribution in [0.4, 0.5) is 0 Å². The third kappa shape index (κ3) is 6.17. The summed E-state index contributed by atoms with van der Waals surface area (Å²) < 4.78 is 0. The van der Waals surface area contributed by atoms with Crippen molar-refractivity contribution in [2.45, 2.75) is 52.0 Å². The predicted molar refractivity (Wildman–Crippen MR) is 77.9 cm³/mol. The highest BCUT2D eigenvalue weighted by Gasteiger charge is 2.08. The van der Waals surface area contributed by atoms with Crippen molar-refractivity contribution < 1.29 is 4.79 Å². The van der Waals surface area contributed by atoms with E-state index in [4.69, 9.17) is 5.73 Å². The van der Waals surface area contributed by atoms with Gasteiger partial charge < -0.3 is 11.1 Å².